The van der Waals surface area contributed by atoms with Crippen molar-refractivity contribution in [2.75, 3.05) is 5.32 Å². The largest absolute Gasteiger partial charge is 0.427 e. The van der Waals surface area contributed by atoms with Gasteiger partial charge in [-0.15, -0.1) is 0 Å². The van der Waals surface area contributed by atoms with Crippen LogP contribution in [-0.2, 0) is 4.79 Å². The van der Waals surface area contributed by atoms with Gasteiger partial charge in [0, 0.05) is 18.2 Å². The van der Waals surface area contributed by atoms with Crippen LogP contribution < -0.4 is 10.1 Å². The molecule has 2 aromatic rings. The van der Waals surface area contributed by atoms with Crippen molar-refractivity contribution in [3.63, 3.8) is 0 Å². The summed E-state index contributed by atoms with van der Waals surface area (Å²) in [4.78, 5) is 23.2. The first kappa shape index (κ1) is 15.8. The molecule has 0 saturated carbocycles. The van der Waals surface area contributed by atoms with Crippen LogP contribution in [0.3, 0.4) is 0 Å². The second-order valence-corrected chi connectivity index (χ2v) is 5.31. The number of carbonyl (C=O) groups is 2. The standard InChI is InChI=1S/C18H19NO3/c1-12(2)16-6-4-5-7-17(16)19-18(21)14-8-10-15(11-9-14)22-13(3)20/h4-12H,1-3H3,(H,19,21). The highest BCUT2D eigenvalue weighted by Crippen LogP contribution is 2.24. The molecule has 0 saturated heterocycles. The minimum absolute atomic E-state index is 0.192. The summed E-state index contributed by atoms with van der Waals surface area (Å²) < 4.78 is 4.95. The van der Waals surface area contributed by atoms with E-state index in [4.69, 9.17) is 4.74 Å². The van der Waals surface area contributed by atoms with Gasteiger partial charge < -0.3 is 10.1 Å². The van der Waals surface area contributed by atoms with Crippen LogP contribution in [0, 0.1) is 0 Å². The highest BCUT2D eigenvalue weighted by molar-refractivity contribution is 6.04. The lowest BCUT2D eigenvalue weighted by atomic mass is 10.0. The van der Waals surface area contributed by atoms with Gasteiger partial charge in [0.2, 0.25) is 0 Å². The van der Waals surface area contributed by atoms with Crippen LogP contribution in [0.15, 0.2) is 48.5 Å². The maximum Gasteiger partial charge on any atom is 0.308 e. The third kappa shape index (κ3) is 3.95. The van der Waals surface area contributed by atoms with Crippen molar-refractivity contribution >= 4 is 17.6 Å². The number of nitrogens with one attached hydrogen (secondary N) is 1. The van der Waals surface area contributed by atoms with Gasteiger partial charge in [0.15, 0.2) is 0 Å². The van der Waals surface area contributed by atoms with Crippen LogP contribution in [0.25, 0.3) is 0 Å². The number of amides is 1. The molecule has 0 bridgehead atoms. The van der Waals surface area contributed by atoms with Crippen molar-refractivity contribution < 1.29 is 14.3 Å². The topological polar surface area (TPSA) is 55.4 Å². The molecule has 0 aliphatic heterocycles. The predicted molar refractivity (Wildman–Crippen MR) is 86.2 cm³/mol. The number of rotatable bonds is 4. The summed E-state index contributed by atoms with van der Waals surface area (Å²) in [6.45, 7) is 5.50. The minimum Gasteiger partial charge on any atom is -0.427 e. The lowest BCUT2D eigenvalue weighted by Crippen LogP contribution is -2.13. The van der Waals surface area contributed by atoms with Crippen LogP contribution in [0.5, 0.6) is 5.75 Å². The molecule has 0 aromatic heterocycles. The molecule has 1 amide bonds. The van der Waals surface area contributed by atoms with E-state index in [1.807, 2.05) is 24.3 Å². The fourth-order valence-electron chi connectivity index (χ4n) is 2.15. The average molecular weight is 297 g/mol. The quantitative estimate of drug-likeness (QED) is 0.686. The number of carbonyl (C=O) groups excluding carboxylic acids is 2. The molecule has 2 rings (SSSR count). The first-order valence-electron chi connectivity index (χ1n) is 7.16. The molecule has 0 spiro atoms. The Kier molecular flexibility index (Phi) is 4.94. The van der Waals surface area contributed by atoms with Gasteiger partial charge in [-0.2, -0.15) is 0 Å². The number of ether oxygens (including phenoxy) is 1. The molecule has 22 heavy (non-hydrogen) atoms. The van der Waals surface area contributed by atoms with Crippen molar-refractivity contribution in [3.8, 4) is 5.75 Å². The molecule has 4 heteroatoms. The first-order valence-corrected chi connectivity index (χ1v) is 7.16. The first-order chi connectivity index (χ1) is 10.5. The molecule has 114 valence electrons. The van der Waals surface area contributed by atoms with E-state index in [1.54, 1.807) is 24.3 Å². The molecule has 0 heterocycles. The third-order valence-corrected chi connectivity index (χ3v) is 3.21. The smallest absolute Gasteiger partial charge is 0.308 e. The highest BCUT2D eigenvalue weighted by Gasteiger charge is 2.11. The maximum atomic E-state index is 12.3. The summed E-state index contributed by atoms with van der Waals surface area (Å²) in [6, 6.07) is 14.2. The Balaban J connectivity index is 2.14. The monoisotopic (exact) mass is 297 g/mol. The van der Waals surface area contributed by atoms with Gasteiger partial charge in [-0.1, -0.05) is 32.0 Å². The lowest BCUT2D eigenvalue weighted by Gasteiger charge is -2.13. The number of anilines is 1. The molecule has 0 aliphatic carbocycles. The molecule has 0 atom stereocenters. The number of para-hydroxylation sites is 1. The SMILES string of the molecule is CC(=O)Oc1ccc(C(=O)Nc2ccccc2C(C)C)cc1. The van der Waals surface area contributed by atoms with E-state index >= 15 is 0 Å². The summed E-state index contributed by atoms with van der Waals surface area (Å²) in [5.74, 6) is 0.167. The van der Waals surface area contributed by atoms with Crippen molar-refractivity contribution in [2.45, 2.75) is 26.7 Å². The molecular formula is C18H19NO3. The van der Waals surface area contributed by atoms with E-state index in [2.05, 4.69) is 19.2 Å². The van der Waals surface area contributed by atoms with Crippen molar-refractivity contribution in [3.05, 3.63) is 59.7 Å². The van der Waals surface area contributed by atoms with E-state index in [1.165, 1.54) is 6.92 Å². The molecule has 2 aromatic carbocycles. The molecule has 4 nitrogen and oxygen atoms in total. The maximum absolute atomic E-state index is 12.3. The summed E-state index contributed by atoms with van der Waals surface area (Å²) in [5.41, 5.74) is 2.41. The predicted octanol–water partition coefficient (Wildman–Crippen LogP) is 3.99. The molecule has 0 aliphatic rings. The Labute approximate surface area is 130 Å². The van der Waals surface area contributed by atoms with Crippen LogP contribution in [0.1, 0.15) is 42.6 Å². The number of benzene rings is 2. The van der Waals surface area contributed by atoms with Crippen molar-refractivity contribution in [2.24, 2.45) is 0 Å². The summed E-state index contributed by atoms with van der Waals surface area (Å²) in [5, 5.41) is 2.92. The van der Waals surface area contributed by atoms with E-state index in [0.29, 0.717) is 17.2 Å². The van der Waals surface area contributed by atoms with E-state index in [-0.39, 0.29) is 11.9 Å². The molecule has 0 unspecified atom stereocenters. The Hall–Kier alpha value is -2.62. The third-order valence-electron chi connectivity index (χ3n) is 3.21. The summed E-state index contributed by atoms with van der Waals surface area (Å²) >= 11 is 0. The fraction of sp³-hybridized carbons (Fsp3) is 0.222. The summed E-state index contributed by atoms with van der Waals surface area (Å²) in [6.07, 6.45) is 0. The van der Waals surface area contributed by atoms with Gasteiger partial charge in [0.25, 0.3) is 5.91 Å². The lowest BCUT2D eigenvalue weighted by molar-refractivity contribution is -0.131. The van der Waals surface area contributed by atoms with Gasteiger partial charge in [0.05, 0.1) is 0 Å². The molecule has 1 N–H and O–H groups in total. The Bertz CT molecular complexity index is 675. The van der Waals surface area contributed by atoms with E-state index in [9.17, 15) is 9.59 Å². The zero-order valence-corrected chi connectivity index (χ0v) is 12.9. The molecular weight excluding hydrogens is 278 g/mol. The van der Waals surface area contributed by atoms with Gasteiger partial charge in [0.1, 0.15) is 5.75 Å². The Morgan fingerprint density at radius 2 is 1.64 bits per heavy atom. The normalized spacial score (nSPS) is 10.4. The van der Waals surface area contributed by atoms with E-state index < -0.39 is 0 Å². The summed E-state index contributed by atoms with van der Waals surface area (Å²) in [7, 11) is 0. The highest BCUT2D eigenvalue weighted by atomic mass is 16.5. The fourth-order valence-corrected chi connectivity index (χ4v) is 2.15. The zero-order chi connectivity index (χ0) is 16.1. The van der Waals surface area contributed by atoms with Crippen molar-refractivity contribution in [1.82, 2.24) is 0 Å². The van der Waals surface area contributed by atoms with Gasteiger partial charge in [-0.05, 0) is 41.8 Å². The average Bonchev–Trinajstić information content (AvgIpc) is 2.47. The number of hydrogen-bond donors (Lipinski definition) is 1. The van der Waals surface area contributed by atoms with Crippen LogP contribution in [0.4, 0.5) is 5.69 Å². The van der Waals surface area contributed by atoms with Crippen LogP contribution >= 0.6 is 0 Å². The Morgan fingerprint density at radius 1 is 1.00 bits per heavy atom. The zero-order valence-electron chi connectivity index (χ0n) is 12.9. The minimum atomic E-state index is -0.386. The van der Waals surface area contributed by atoms with Gasteiger partial charge in [-0.3, -0.25) is 9.59 Å². The molecule has 0 fully saturated rings. The number of hydrogen-bond acceptors (Lipinski definition) is 3. The van der Waals surface area contributed by atoms with Gasteiger partial charge in [-0.25, -0.2) is 0 Å². The van der Waals surface area contributed by atoms with Crippen LogP contribution in [-0.4, -0.2) is 11.9 Å². The van der Waals surface area contributed by atoms with E-state index in [0.717, 1.165) is 11.3 Å². The van der Waals surface area contributed by atoms with Crippen molar-refractivity contribution in [1.29, 1.82) is 0 Å². The van der Waals surface area contributed by atoms with Crippen LogP contribution in [0.2, 0.25) is 0 Å². The Morgan fingerprint density at radius 3 is 2.23 bits per heavy atom. The second kappa shape index (κ2) is 6.89. The number of esters is 1. The molecule has 0 radical (unpaired) electrons. The van der Waals surface area contributed by atoms with Gasteiger partial charge >= 0.3 is 5.97 Å². The second-order valence-electron chi connectivity index (χ2n) is 5.31.